The molecule has 1 N–H and O–H groups in total. The Labute approximate surface area is 111 Å². The van der Waals surface area contributed by atoms with Crippen LogP contribution < -0.4 is 10.1 Å². The Kier molecular flexibility index (Phi) is 3.75. The van der Waals surface area contributed by atoms with Gasteiger partial charge in [0.05, 0.1) is 0 Å². The normalized spacial score (nSPS) is 10.1. The predicted molar refractivity (Wildman–Crippen MR) is 72.5 cm³/mol. The fourth-order valence-electron chi connectivity index (χ4n) is 1.82. The summed E-state index contributed by atoms with van der Waals surface area (Å²) in [5.41, 5.74) is 2.62. The Morgan fingerprint density at radius 2 is 1.74 bits per heavy atom. The molecule has 0 aliphatic carbocycles. The van der Waals surface area contributed by atoms with Crippen molar-refractivity contribution >= 4 is 17.6 Å². The first-order valence-corrected chi connectivity index (χ1v) is 5.90. The number of hydrogen-bond donors (Lipinski definition) is 1. The molecule has 1 aromatic heterocycles. The van der Waals surface area contributed by atoms with Crippen molar-refractivity contribution in [3.63, 3.8) is 0 Å². The first-order valence-electron chi connectivity index (χ1n) is 5.90. The average Bonchev–Trinajstić information content (AvgIpc) is 2.35. The van der Waals surface area contributed by atoms with Gasteiger partial charge >= 0.3 is 5.97 Å². The summed E-state index contributed by atoms with van der Waals surface area (Å²) in [5.74, 6) is 0.812. The van der Waals surface area contributed by atoms with Gasteiger partial charge in [-0.15, -0.1) is 0 Å². The monoisotopic (exact) mass is 257 g/mol. The minimum Gasteiger partial charge on any atom is -0.426 e. The van der Waals surface area contributed by atoms with Gasteiger partial charge in [-0.25, -0.2) is 9.97 Å². The Morgan fingerprint density at radius 3 is 2.26 bits per heavy atom. The van der Waals surface area contributed by atoms with Crippen molar-refractivity contribution in [2.24, 2.45) is 0 Å². The first-order chi connectivity index (χ1) is 9.06. The lowest BCUT2D eigenvalue weighted by Crippen LogP contribution is -2.05. The standard InChI is InChI=1S/C14H15N3O2/c1-9-7-12(17-14-15-5-4-6-16-14)8-10(2)13(9)19-11(3)18/h4-8H,1-3H3,(H,15,16,17). The number of nitrogens with zero attached hydrogens (tertiary/aromatic N) is 2. The summed E-state index contributed by atoms with van der Waals surface area (Å²) >= 11 is 0. The van der Waals surface area contributed by atoms with Gasteiger partial charge in [-0.1, -0.05) is 0 Å². The summed E-state index contributed by atoms with van der Waals surface area (Å²) in [6.07, 6.45) is 3.34. The number of carbonyl (C=O) groups excluding carboxylic acids is 1. The van der Waals surface area contributed by atoms with E-state index in [4.69, 9.17) is 4.74 Å². The van der Waals surface area contributed by atoms with Gasteiger partial charge in [-0.3, -0.25) is 4.79 Å². The zero-order chi connectivity index (χ0) is 13.8. The van der Waals surface area contributed by atoms with Crippen LogP contribution in [0.1, 0.15) is 18.1 Å². The van der Waals surface area contributed by atoms with Crippen molar-refractivity contribution in [3.05, 3.63) is 41.7 Å². The molecule has 19 heavy (non-hydrogen) atoms. The summed E-state index contributed by atoms with van der Waals surface area (Å²) in [5, 5.41) is 3.10. The molecule has 0 unspecified atom stereocenters. The predicted octanol–water partition coefficient (Wildman–Crippen LogP) is 2.76. The van der Waals surface area contributed by atoms with Crippen molar-refractivity contribution < 1.29 is 9.53 Å². The second-order valence-electron chi connectivity index (χ2n) is 4.23. The van der Waals surface area contributed by atoms with Crippen LogP contribution in [0.4, 0.5) is 11.6 Å². The van der Waals surface area contributed by atoms with Crippen LogP contribution in [0.15, 0.2) is 30.6 Å². The Morgan fingerprint density at radius 1 is 1.16 bits per heavy atom. The van der Waals surface area contributed by atoms with Crippen LogP contribution in [0.5, 0.6) is 5.75 Å². The highest BCUT2D eigenvalue weighted by molar-refractivity contribution is 5.71. The molecule has 1 aromatic carbocycles. The molecule has 5 nitrogen and oxygen atoms in total. The van der Waals surface area contributed by atoms with E-state index in [-0.39, 0.29) is 5.97 Å². The molecule has 0 aliphatic rings. The number of carbonyl (C=O) groups is 1. The van der Waals surface area contributed by atoms with Crippen molar-refractivity contribution in [3.8, 4) is 5.75 Å². The van der Waals surface area contributed by atoms with E-state index >= 15 is 0 Å². The summed E-state index contributed by atoms with van der Waals surface area (Å²) in [6, 6.07) is 5.54. The molecule has 0 saturated carbocycles. The largest absolute Gasteiger partial charge is 0.426 e. The first kappa shape index (κ1) is 13.0. The van der Waals surface area contributed by atoms with E-state index in [0.29, 0.717) is 11.7 Å². The molecule has 1 heterocycles. The van der Waals surface area contributed by atoms with Crippen LogP contribution in [0.25, 0.3) is 0 Å². The van der Waals surface area contributed by atoms with Gasteiger partial charge in [0, 0.05) is 25.0 Å². The lowest BCUT2D eigenvalue weighted by Gasteiger charge is -2.12. The number of esters is 1. The van der Waals surface area contributed by atoms with E-state index in [1.807, 2.05) is 26.0 Å². The Balaban J connectivity index is 2.27. The van der Waals surface area contributed by atoms with E-state index in [0.717, 1.165) is 16.8 Å². The fourth-order valence-corrected chi connectivity index (χ4v) is 1.82. The number of rotatable bonds is 3. The highest BCUT2D eigenvalue weighted by Gasteiger charge is 2.09. The van der Waals surface area contributed by atoms with Crippen LogP contribution >= 0.6 is 0 Å². The number of benzene rings is 1. The molecule has 0 radical (unpaired) electrons. The Hall–Kier alpha value is -2.43. The number of hydrogen-bond acceptors (Lipinski definition) is 5. The average molecular weight is 257 g/mol. The molecule has 0 saturated heterocycles. The van der Waals surface area contributed by atoms with Gasteiger partial charge in [0.1, 0.15) is 5.75 Å². The molecule has 0 aliphatic heterocycles. The lowest BCUT2D eigenvalue weighted by atomic mass is 10.1. The highest BCUT2D eigenvalue weighted by Crippen LogP contribution is 2.28. The van der Waals surface area contributed by atoms with Gasteiger partial charge in [0.15, 0.2) is 0 Å². The van der Waals surface area contributed by atoms with Crippen molar-refractivity contribution in [2.45, 2.75) is 20.8 Å². The summed E-state index contributed by atoms with van der Waals surface area (Å²) < 4.78 is 5.18. The van der Waals surface area contributed by atoms with Crippen LogP contribution in [0.2, 0.25) is 0 Å². The second kappa shape index (κ2) is 5.48. The van der Waals surface area contributed by atoms with Gasteiger partial charge in [-0.2, -0.15) is 0 Å². The van der Waals surface area contributed by atoms with Crippen LogP contribution in [0, 0.1) is 13.8 Å². The van der Waals surface area contributed by atoms with Crippen LogP contribution in [0.3, 0.4) is 0 Å². The summed E-state index contributed by atoms with van der Waals surface area (Å²) in [7, 11) is 0. The number of anilines is 2. The molecule has 0 spiro atoms. The molecular weight excluding hydrogens is 242 g/mol. The van der Waals surface area contributed by atoms with Crippen molar-refractivity contribution in [2.75, 3.05) is 5.32 Å². The number of nitrogens with one attached hydrogen (secondary N) is 1. The highest BCUT2D eigenvalue weighted by atomic mass is 16.5. The molecule has 0 bridgehead atoms. The lowest BCUT2D eigenvalue weighted by molar-refractivity contribution is -0.131. The molecule has 5 heteroatoms. The number of aromatic nitrogens is 2. The van der Waals surface area contributed by atoms with Crippen LogP contribution in [-0.2, 0) is 4.79 Å². The zero-order valence-corrected chi connectivity index (χ0v) is 11.1. The van der Waals surface area contributed by atoms with Gasteiger partial charge in [0.2, 0.25) is 5.95 Å². The fraction of sp³-hybridized carbons (Fsp3) is 0.214. The summed E-state index contributed by atoms with van der Waals surface area (Å²) in [6.45, 7) is 5.17. The third kappa shape index (κ3) is 3.28. The van der Waals surface area contributed by atoms with Crippen molar-refractivity contribution in [1.29, 1.82) is 0 Å². The molecule has 0 atom stereocenters. The minimum absolute atomic E-state index is 0.321. The van der Waals surface area contributed by atoms with Crippen molar-refractivity contribution in [1.82, 2.24) is 9.97 Å². The Bertz CT molecular complexity index is 574. The van der Waals surface area contributed by atoms with E-state index in [1.165, 1.54) is 6.92 Å². The minimum atomic E-state index is -0.321. The second-order valence-corrected chi connectivity index (χ2v) is 4.23. The van der Waals surface area contributed by atoms with Gasteiger partial charge < -0.3 is 10.1 Å². The topological polar surface area (TPSA) is 64.1 Å². The van der Waals surface area contributed by atoms with E-state index < -0.39 is 0 Å². The molecule has 0 amide bonds. The molecular formula is C14H15N3O2. The third-order valence-corrected chi connectivity index (χ3v) is 2.53. The molecule has 2 rings (SSSR count). The maximum absolute atomic E-state index is 11.0. The summed E-state index contributed by atoms with van der Waals surface area (Å²) in [4.78, 5) is 19.2. The quantitative estimate of drug-likeness (QED) is 0.676. The van der Waals surface area contributed by atoms with Crippen LogP contribution in [-0.4, -0.2) is 15.9 Å². The molecule has 0 fully saturated rings. The van der Waals surface area contributed by atoms with E-state index in [2.05, 4.69) is 15.3 Å². The maximum atomic E-state index is 11.0. The van der Waals surface area contributed by atoms with Gasteiger partial charge in [-0.05, 0) is 43.2 Å². The zero-order valence-electron chi connectivity index (χ0n) is 11.1. The van der Waals surface area contributed by atoms with E-state index in [1.54, 1.807) is 18.5 Å². The molecule has 2 aromatic rings. The SMILES string of the molecule is CC(=O)Oc1c(C)cc(Nc2ncccn2)cc1C. The van der Waals surface area contributed by atoms with Gasteiger partial charge in [0.25, 0.3) is 0 Å². The third-order valence-electron chi connectivity index (χ3n) is 2.53. The molecule has 98 valence electrons. The number of aryl methyl sites for hydroxylation is 2. The number of ether oxygens (including phenoxy) is 1. The smallest absolute Gasteiger partial charge is 0.308 e. The maximum Gasteiger partial charge on any atom is 0.308 e. The van der Waals surface area contributed by atoms with E-state index in [9.17, 15) is 4.79 Å².